The van der Waals surface area contributed by atoms with Crippen molar-refractivity contribution in [2.24, 2.45) is 11.8 Å². The maximum Gasteiger partial charge on any atom is 0.309 e. The fraction of sp³-hybridized carbons (Fsp3) is 0.455. The van der Waals surface area contributed by atoms with Gasteiger partial charge < -0.3 is 14.0 Å². The van der Waals surface area contributed by atoms with Gasteiger partial charge in [0.05, 0.1) is 13.0 Å². The number of hydrogen-bond donors (Lipinski definition) is 0. The lowest BCUT2D eigenvalue weighted by Gasteiger charge is -2.10. The molecule has 2 aromatic rings. The molecule has 0 unspecified atom stereocenters. The van der Waals surface area contributed by atoms with Gasteiger partial charge >= 0.3 is 5.97 Å². The number of benzene rings is 1. The highest BCUT2D eigenvalue weighted by atomic mass is 16.5. The summed E-state index contributed by atoms with van der Waals surface area (Å²) in [5.74, 6) is 0.824. The standard InChI is InChI=1S/C22H27NO4/c1-14-11-19(14)22(25)27-13-21(24)20-12-15(2)23(16(20)3)10-9-17-5-7-18(26-4)8-6-17/h5-8,12,14,19H,9-11,13H2,1-4H3/t14-,19-/m1/s1. The molecule has 3 rings (SSSR count). The average molecular weight is 369 g/mol. The summed E-state index contributed by atoms with van der Waals surface area (Å²) in [6.07, 6.45) is 1.73. The van der Waals surface area contributed by atoms with Crippen LogP contribution in [0.2, 0.25) is 0 Å². The molecule has 5 heteroatoms. The van der Waals surface area contributed by atoms with Crippen LogP contribution in [0.3, 0.4) is 0 Å². The van der Waals surface area contributed by atoms with Gasteiger partial charge in [-0.15, -0.1) is 0 Å². The summed E-state index contributed by atoms with van der Waals surface area (Å²) in [5, 5.41) is 0. The first-order chi connectivity index (χ1) is 12.9. The third-order valence-corrected chi connectivity index (χ3v) is 5.41. The highest BCUT2D eigenvalue weighted by molar-refractivity contribution is 5.99. The molecule has 1 aromatic heterocycles. The van der Waals surface area contributed by atoms with Crippen LogP contribution < -0.4 is 4.74 Å². The monoisotopic (exact) mass is 369 g/mol. The maximum atomic E-state index is 12.5. The molecule has 1 aliphatic carbocycles. The first kappa shape index (κ1) is 19.2. The van der Waals surface area contributed by atoms with Crippen LogP contribution in [0.15, 0.2) is 30.3 Å². The minimum atomic E-state index is -0.246. The van der Waals surface area contributed by atoms with Gasteiger partial charge in [0, 0.05) is 23.5 Å². The van der Waals surface area contributed by atoms with Crippen molar-refractivity contribution in [3.63, 3.8) is 0 Å². The lowest BCUT2D eigenvalue weighted by atomic mass is 10.1. The number of esters is 1. The molecule has 27 heavy (non-hydrogen) atoms. The van der Waals surface area contributed by atoms with Crippen LogP contribution in [0.1, 0.15) is 40.7 Å². The average Bonchev–Trinajstić information content (AvgIpc) is 3.33. The predicted molar refractivity (Wildman–Crippen MR) is 103 cm³/mol. The van der Waals surface area contributed by atoms with Crippen molar-refractivity contribution < 1.29 is 19.1 Å². The minimum absolute atomic E-state index is 0.0188. The van der Waals surface area contributed by atoms with Gasteiger partial charge in [-0.1, -0.05) is 19.1 Å². The second-order valence-corrected chi connectivity index (χ2v) is 7.38. The normalized spacial score (nSPS) is 18.2. The lowest BCUT2D eigenvalue weighted by molar-refractivity contribution is -0.144. The summed E-state index contributed by atoms with van der Waals surface area (Å²) in [7, 11) is 1.66. The van der Waals surface area contributed by atoms with Crippen LogP contribution in [0.4, 0.5) is 0 Å². The first-order valence-corrected chi connectivity index (χ1v) is 9.40. The third kappa shape index (κ3) is 4.41. The Kier molecular flexibility index (Phi) is 5.68. The first-order valence-electron chi connectivity index (χ1n) is 9.40. The highest BCUT2D eigenvalue weighted by Gasteiger charge is 2.40. The van der Waals surface area contributed by atoms with E-state index in [1.165, 1.54) is 5.56 Å². The Labute approximate surface area is 160 Å². The molecule has 0 saturated heterocycles. The van der Waals surface area contributed by atoms with E-state index in [9.17, 15) is 9.59 Å². The Hall–Kier alpha value is -2.56. The van der Waals surface area contributed by atoms with E-state index < -0.39 is 0 Å². The van der Waals surface area contributed by atoms with Crippen LogP contribution in [0.25, 0.3) is 0 Å². The number of nitrogens with zero attached hydrogens (tertiary/aromatic N) is 1. The highest BCUT2D eigenvalue weighted by Crippen LogP contribution is 2.38. The molecule has 1 aliphatic rings. The van der Waals surface area contributed by atoms with E-state index in [2.05, 4.69) is 16.7 Å². The number of Topliss-reactive ketones (excluding diaryl/α,β-unsaturated/α-hetero) is 1. The zero-order chi connectivity index (χ0) is 19.6. The van der Waals surface area contributed by atoms with Gasteiger partial charge in [-0.05, 0) is 56.4 Å². The Morgan fingerprint density at radius 1 is 1.19 bits per heavy atom. The molecule has 0 bridgehead atoms. The van der Waals surface area contributed by atoms with Crippen molar-refractivity contribution in [1.29, 1.82) is 0 Å². The molecule has 0 radical (unpaired) electrons. The second-order valence-electron chi connectivity index (χ2n) is 7.38. The number of ketones is 1. The van der Waals surface area contributed by atoms with Crippen LogP contribution in [0, 0.1) is 25.7 Å². The van der Waals surface area contributed by atoms with Gasteiger partial charge in [0.1, 0.15) is 5.75 Å². The summed E-state index contributed by atoms with van der Waals surface area (Å²) in [5.41, 5.74) is 3.80. The molecule has 2 atom stereocenters. The molecule has 1 aromatic carbocycles. The third-order valence-electron chi connectivity index (χ3n) is 5.41. The Bertz CT molecular complexity index is 835. The smallest absolute Gasteiger partial charge is 0.309 e. The van der Waals surface area contributed by atoms with E-state index >= 15 is 0 Å². The Morgan fingerprint density at radius 2 is 1.85 bits per heavy atom. The van der Waals surface area contributed by atoms with Gasteiger partial charge in [0.15, 0.2) is 6.61 Å². The fourth-order valence-electron chi connectivity index (χ4n) is 3.43. The zero-order valence-electron chi connectivity index (χ0n) is 16.5. The summed E-state index contributed by atoms with van der Waals surface area (Å²) in [6, 6.07) is 9.90. The number of carbonyl (C=O) groups excluding carboxylic acids is 2. The Morgan fingerprint density at radius 3 is 2.44 bits per heavy atom. The van der Waals surface area contributed by atoms with Crippen molar-refractivity contribution in [3.05, 3.63) is 52.8 Å². The molecule has 0 amide bonds. The summed E-state index contributed by atoms with van der Waals surface area (Å²) in [6.45, 7) is 6.57. The summed E-state index contributed by atoms with van der Waals surface area (Å²) >= 11 is 0. The molecule has 1 heterocycles. The van der Waals surface area contributed by atoms with Crippen LogP contribution in [-0.4, -0.2) is 30.0 Å². The number of rotatable bonds is 8. The van der Waals surface area contributed by atoms with Gasteiger partial charge in [-0.25, -0.2) is 0 Å². The lowest BCUT2D eigenvalue weighted by Crippen LogP contribution is -2.16. The fourth-order valence-corrected chi connectivity index (χ4v) is 3.43. The van der Waals surface area contributed by atoms with Gasteiger partial charge in [-0.2, -0.15) is 0 Å². The van der Waals surface area contributed by atoms with Crippen LogP contribution in [0.5, 0.6) is 5.75 Å². The SMILES string of the molecule is COc1ccc(CCn2c(C)cc(C(=O)COC(=O)[C@@H]3C[C@H]3C)c2C)cc1. The van der Waals surface area contributed by atoms with Crippen molar-refractivity contribution in [3.8, 4) is 5.75 Å². The van der Waals surface area contributed by atoms with E-state index in [4.69, 9.17) is 9.47 Å². The number of ether oxygens (including phenoxy) is 2. The molecular formula is C22H27NO4. The molecular weight excluding hydrogens is 342 g/mol. The van der Waals surface area contributed by atoms with Crippen molar-refractivity contribution in [2.45, 2.75) is 40.2 Å². The minimum Gasteiger partial charge on any atom is -0.497 e. The van der Waals surface area contributed by atoms with Crippen molar-refractivity contribution in [1.82, 2.24) is 4.57 Å². The van der Waals surface area contributed by atoms with E-state index in [-0.39, 0.29) is 24.3 Å². The topological polar surface area (TPSA) is 57.5 Å². The van der Waals surface area contributed by atoms with Gasteiger partial charge in [0.2, 0.25) is 5.78 Å². The molecule has 0 spiro atoms. The molecule has 0 N–H and O–H groups in total. The number of hydrogen-bond acceptors (Lipinski definition) is 4. The quantitative estimate of drug-likeness (QED) is 0.525. The summed E-state index contributed by atoms with van der Waals surface area (Å²) in [4.78, 5) is 24.3. The molecule has 5 nitrogen and oxygen atoms in total. The maximum absolute atomic E-state index is 12.5. The second kappa shape index (κ2) is 7.99. The van der Waals surface area contributed by atoms with E-state index in [0.29, 0.717) is 11.5 Å². The van der Waals surface area contributed by atoms with Crippen molar-refractivity contribution in [2.75, 3.05) is 13.7 Å². The largest absolute Gasteiger partial charge is 0.497 e. The molecule has 144 valence electrons. The number of methoxy groups -OCH3 is 1. The predicted octanol–water partition coefficient (Wildman–Crippen LogP) is 3.74. The Balaban J connectivity index is 1.61. The molecule has 1 fully saturated rings. The van der Waals surface area contributed by atoms with E-state index in [1.54, 1.807) is 7.11 Å². The zero-order valence-corrected chi connectivity index (χ0v) is 16.5. The van der Waals surface area contributed by atoms with E-state index in [0.717, 1.165) is 36.5 Å². The van der Waals surface area contributed by atoms with Crippen LogP contribution in [-0.2, 0) is 22.5 Å². The summed E-state index contributed by atoms with van der Waals surface area (Å²) < 4.78 is 12.5. The van der Waals surface area contributed by atoms with Gasteiger partial charge in [0.25, 0.3) is 0 Å². The number of aromatic nitrogens is 1. The van der Waals surface area contributed by atoms with E-state index in [1.807, 2.05) is 39.0 Å². The molecule has 1 saturated carbocycles. The van der Waals surface area contributed by atoms with Gasteiger partial charge in [-0.3, -0.25) is 9.59 Å². The van der Waals surface area contributed by atoms with Crippen molar-refractivity contribution >= 4 is 11.8 Å². The number of aryl methyl sites for hydroxylation is 2. The number of carbonyl (C=O) groups is 2. The van der Waals surface area contributed by atoms with Crippen LogP contribution >= 0.6 is 0 Å². The molecule has 0 aliphatic heterocycles.